The quantitative estimate of drug-likeness (QED) is 0.390. The van der Waals surface area contributed by atoms with E-state index >= 15 is 4.39 Å². The molecule has 0 atom stereocenters. The van der Waals surface area contributed by atoms with Gasteiger partial charge in [0, 0.05) is 35.9 Å². The first-order valence-corrected chi connectivity index (χ1v) is 12.0. The third-order valence-corrected chi connectivity index (χ3v) is 7.13. The number of fused-ring (bicyclic) bond motifs is 2. The van der Waals surface area contributed by atoms with Gasteiger partial charge in [0.15, 0.2) is 17.3 Å². The number of alkyl halides is 1. The van der Waals surface area contributed by atoms with Gasteiger partial charge in [-0.1, -0.05) is 23.7 Å². The number of imidazole rings is 1. The van der Waals surface area contributed by atoms with E-state index in [0.717, 1.165) is 40.9 Å². The summed E-state index contributed by atoms with van der Waals surface area (Å²) in [5, 5.41) is 9.62. The van der Waals surface area contributed by atoms with Crippen molar-refractivity contribution >= 4 is 39.2 Å². The van der Waals surface area contributed by atoms with E-state index in [2.05, 4.69) is 37.2 Å². The molecule has 176 valence electrons. The lowest BCUT2D eigenvalue weighted by molar-refractivity contribution is 0.122. The van der Waals surface area contributed by atoms with E-state index in [1.54, 1.807) is 6.20 Å². The van der Waals surface area contributed by atoms with Gasteiger partial charge in [0.1, 0.15) is 11.8 Å². The lowest BCUT2D eigenvalue weighted by Gasteiger charge is -2.29. The van der Waals surface area contributed by atoms with Gasteiger partial charge in [0.2, 0.25) is 0 Å². The second-order valence-corrected chi connectivity index (χ2v) is 9.41. The van der Waals surface area contributed by atoms with Crippen LogP contribution >= 0.6 is 11.6 Å². The molecule has 1 N–H and O–H groups in total. The fourth-order valence-electron chi connectivity index (χ4n) is 4.88. The van der Waals surface area contributed by atoms with E-state index in [1.807, 2.05) is 28.8 Å². The highest BCUT2D eigenvalue weighted by molar-refractivity contribution is 6.35. The first-order chi connectivity index (χ1) is 17.1. The van der Waals surface area contributed by atoms with Crippen LogP contribution in [-0.2, 0) is 10.4 Å². The summed E-state index contributed by atoms with van der Waals surface area (Å²) in [5.41, 5.74) is 3.23. The summed E-state index contributed by atoms with van der Waals surface area (Å²) in [5.74, 6) is 0.979. The fraction of sp³-hybridized carbons (Fsp3) is 0.280. The molecule has 7 rings (SSSR count). The molecular weight excluding hydrogens is 469 g/mol. The van der Waals surface area contributed by atoms with Crippen molar-refractivity contribution in [3.63, 3.8) is 0 Å². The molecule has 1 aliphatic carbocycles. The minimum atomic E-state index is -1.48. The van der Waals surface area contributed by atoms with E-state index in [0.29, 0.717) is 53.8 Å². The van der Waals surface area contributed by atoms with Crippen molar-refractivity contribution in [3.8, 4) is 17.1 Å². The SMILES string of the molecule is FC1(c2nc3c(-c4nnc[nH]4)cc(N4CCOCC4)cc3n2-c2ccnc3c(Cl)cccc23)CC1. The maximum Gasteiger partial charge on any atom is 0.169 e. The van der Waals surface area contributed by atoms with Crippen LogP contribution in [0.2, 0.25) is 5.02 Å². The summed E-state index contributed by atoms with van der Waals surface area (Å²) in [6.07, 6.45) is 4.12. The number of nitrogens with one attached hydrogen (secondary N) is 1. The Morgan fingerprint density at radius 2 is 1.94 bits per heavy atom. The first-order valence-electron chi connectivity index (χ1n) is 11.6. The number of H-pyrrole nitrogens is 1. The summed E-state index contributed by atoms with van der Waals surface area (Å²) < 4.78 is 23.3. The van der Waals surface area contributed by atoms with Crippen LogP contribution in [0.5, 0.6) is 0 Å². The highest BCUT2D eigenvalue weighted by Gasteiger charge is 2.50. The molecule has 1 aliphatic heterocycles. The van der Waals surface area contributed by atoms with Crippen LogP contribution in [0.4, 0.5) is 10.1 Å². The second kappa shape index (κ2) is 7.73. The van der Waals surface area contributed by atoms with Crippen LogP contribution in [0.15, 0.2) is 48.9 Å². The molecule has 2 fully saturated rings. The van der Waals surface area contributed by atoms with Crippen molar-refractivity contribution < 1.29 is 9.13 Å². The Labute approximate surface area is 204 Å². The maximum absolute atomic E-state index is 15.8. The summed E-state index contributed by atoms with van der Waals surface area (Å²) in [6, 6.07) is 11.7. The molecule has 4 heterocycles. The molecule has 3 aromatic heterocycles. The number of para-hydroxylation sites is 1. The predicted octanol–water partition coefficient (Wildman–Crippen LogP) is 4.81. The Morgan fingerprint density at radius 1 is 1.09 bits per heavy atom. The van der Waals surface area contributed by atoms with E-state index in [4.69, 9.17) is 21.3 Å². The van der Waals surface area contributed by atoms with Crippen LogP contribution in [0.3, 0.4) is 0 Å². The molecule has 0 radical (unpaired) electrons. The van der Waals surface area contributed by atoms with E-state index in [-0.39, 0.29) is 0 Å². The molecule has 2 aromatic carbocycles. The van der Waals surface area contributed by atoms with Crippen LogP contribution in [0.25, 0.3) is 39.0 Å². The molecule has 8 nitrogen and oxygen atoms in total. The summed E-state index contributed by atoms with van der Waals surface area (Å²) >= 11 is 6.47. The monoisotopic (exact) mass is 489 g/mol. The van der Waals surface area contributed by atoms with Gasteiger partial charge in [-0.05, 0) is 37.1 Å². The lowest BCUT2D eigenvalue weighted by Crippen LogP contribution is -2.36. The number of hydrogen-bond acceptors (Lipinski definition) is 6. The Bertz CT molecular complexity index is 1570. The zero-order chi connectivity index (χ0) is 23.6. The lowest BCUT2D eigenvalue weighted by atomic mass is 10.1. The number of aromatic amines is 1. The molecule has 35 heavy (non-hydrogen) atoms. The molecule has 0 unspecified atom stereocenters. The number of ether oxygens (including phenoxy) is 1. The normalized spacial score (nSPS) is 17.4. The number of benzene rings is 2. The summed E-state index contributed by atoms with van der Waals surface area (Å²) in [7, 11) is 0. The molecule has 2 aliphatic rings. The smallest absolute Gasteiger partial charge is 0.169 e. The Hall–Kier alpha value is -3.56. The largest absolute Gasteiger partial charge is 0.378 e. The Morgan fingerprint density at radius 3 is 2.71 bits per heavy atom. The highest BCUT2D eigenvalue weighted by Crippen LogP contribution is 2.51. The van der Waals surface area contributed by atoms with Crippen molar-refractivity contribution in [1.29, 1.82) is 0 Å². The van der Waals surface area contributed by atoms with Crippen LogP contribution in [0.1, 0.15) is 18.7 Å². The third kappa shape index (κ3) is 3.30. The number of rotatable bonds is 4. The van der Waals surface area contributed by atoms with Gasteiger partial charge < -0.3 is 14.6 Å². The number of hydrogen-bond donors (Lipinski definition) is 1. The zero-order valence-corrected chi connectivity index (χ0v) is 19.5. The maximum atomic E-state index is 15.8. The Balaban J connectivity index is 1.58. The van der Waals surface area contributed by atoms with Gasteiger partial charge in [-0.25, -0.2) is 9.37 Å². The molecular formula is C25H21ClFN7O. The highest BCUT2D eigenvalue weighted by atomic mass is 35.5. The molecule has 0 amide bonds. The summed E-state index contributed by atoms with van der Waals surface area (Å²) in [6.45, 7) is 2.84. The van der Waals surface area contributed by atoms with Gasteiger partial charge in [-0.2, -0.15) is 0 Å². The minimum Gasteiger partial charge on any atom is -0.378 e. The van der Waals surface area contributed by atoms with Crippen molar-refractivity contribution in [1.82, 2.24) is 29.7 Å². The Kier molecular flexibility index (Phi) is 4.59. The van der Waals surface area contributed by atoms with Crippen molar-refractivity contribution in [2.75, 3.05) is 31.2 Å². The molecule has 10 heteroatoms. The molecule has 1 saturated carbocycles. The standard InChI is InChI=1S/C25H21ClFN7O/c26-18-3-1-2-16-19(4-7-28-21(16)18)34-20-13-15(33-8-10-35-11-9-33)12-17(23-29-14-30-32-23)22(20)31-24(34)25(27)5-6-25/h1-4,7,12-14H,5-6,8-11H2,(H,29,30,32). The third-order valence-electron chi connectivity index (χ3n) is 6.82. The number of anilines is 1. The average Bonchev–Trinajstić information content (AvgIpc) is 3.27. The number of aromatic nitrogens is 6. The number of nitrogens with zero attached hydrogens (tertiary/aromatic N) is 6. The van der Waals surface area contributed by atoms with Crippen molar-refractivity contribution in [2.24, 2.45) is 0 Å². The van der Waals surface area contributed by atoms with E-state index in [1.165, 1.54) is 6.33 Å². The average molecular weight is 490 g/mol. The van der Waals surface area contributed by atoms with E-state index < -0.39 is 5.67 Å². The number of pyridine rings is 1. The van der Waals surface area contributed by atoms with Crippen LogP contribution in [0, 0.1) is 0 Å². The number of halogens is 2. The fourth-order valence-corrected chi connectivity index (χ4v) is 5.11. The van der Waals surface area contributed by atoms with Gasteiger partial charge >= 0.3 is 0 Å². The predicted molar refractivity (Wildman–Crippen MR) is 132 cm³/mol. The summed E-state index contributed by atoms with van der Waals surface area (Å²) in [4.78, 5) is 14.7. The van der Waals surface area contributed by atoms with E-state index in [9.17, 15) is 0 Å². The van der Waals surface area contributed by atoms with Gasteiger partial charge in [-0.3, -0.25) is 9.55 Å². The second-order valence-electron chi connectivity index (χ2n) is 9.00. The number of morpholine rings is 1. The van der Waals surface area contributed by atoms with Crippen molar-refractivity contribution in [2.45, 2.75) is 18.5 Å². The van der Waals surface area contributed by atoms with Crippen molar-refractivity contribution in [3.05, 3.63) is 59.8 Å². The van der Waals surface area contributed by atoms with Gasteiger partial charge in [-0.15, -0.1) is 10.2 Å². The van der Waals surface area contributed by atoms with Crippen LogP contribution < -0.4 is 4.90 Å². The first kappa shape index (κ1) is 20.8. The zero-order valence-electron chi connectivity index (χ0n) is 18.7. The molecule has 0 spiro atoms. The topological polar surface area (TPSA) is 84.8 Å². The minimum absolute atomic E-state index is 0.389. The molecule has 5 aromatic rings. The molecule has 1 saturated heterocycles. The molecule has 0 bridgehead atoms. The van der Waals surface area contributed by atoms with Crippen LogP contribution in [-0.4, -0.2) is 56.0 Å². The van der Waals surface area contributed by atoms with Gasteiger partial charge in [0.25, 0.3) is 0 Å². The van der Waals surface area contributed by atoms with Gasteiger partial charge in [0.05, 0.1) is 35.0 Å².